The van der Waals surface area contributed by atoms with Gasteiger partial charge in [0.15, 0.2) is 0 Å². The van der Waals surface area contributed by atoms with E-state index in [-0.39, 0.29) is 20.6 Å². The fourth-order valence-electron chi connectivity index (χ4n) is 1.52. The first-order chi connectivity index (χ1) is 9.44. The molecule has 20 heavy (non-hydrogen) atoms. The number of benzene rings is 2. The molecule has 0 aliphatic carbocycles. The molecule has 0 radical (unpaired) electrons. The number of hydrogen-bond donors (Lipinski definition) is 1. The minimum Gasteiger partial charge on any atom is -0.278 e. The summed E-state index contributed by atoms with van der Waals surface area (Å²) < 4.78 is 40.1. The van der Waals surface area contributed by atoms with Crippen molar-refractivity contribution in [3.05, 3.63) is 58.3 Å². The van der Waals surface area contributed by atoms with E-state index in [4.69, 9.17) is 5.26 Å². The van der Waals surface area contributed by atoms with Gasteiger partial charge in [0.1, 0.15) is 11.9 Å². The van der Waals surface area contributed by atoms with Gasteiger partial charge in [-0.05, 0) is 46.3 Å². The van der Waals surface area contributed by atoms with Crippen LogP contribution >= 0.6 is 15.9 Å². The lowest BCUT2D eigenvalue weighted by Gasteiger charge is -2.09. The number of nitrogens with zero attached hydrogens (tertiary/aromatic N) is 1. The van der Waals surface area contributed by atoms with Crippen molar-refractivity contribution in [1.29, 1.82) is 5.26 Å². The van der Waals surface area contributed by atoms with E-state index in [0.717, 1.165) is 6.07 Å². The Morgan fingerprint density at radius 3 is 2.55 bits per heavy atom. The van der Waals surface area contributed by atoms with Gasteiger partial charge in [-0.25, -0.2) is 12.8 Å². The van der Waals surface area contributed by atoms with Gasteiger partial charge in [0.2, 0.25) is 0 Å². The Labute approximate surface area is 124 Å². The highest BCUT2D eigenvalue weighted by Gasteiger charge is 2.17. The molecule has 0 aliphatic heterocycles. The van der Waals surface area contributed by atoms with E-state index in [9.17, 15) is 12.8 Å². The molecule has 102 valence electrons. The highest BCUT2D eigenvalue weighted by atomic mass is 79.9. The summed E-state index contributed by atoms with van der Waals surface area (Å²) in [4.78, 5) is -0.217. The maximum atomic E-state index is 13.4. The number of nitrogens with one attached hydrogen (secondary N) is 1. The van der Waals surface area contributed by atoms with Crippen LogP contribution in [0.2, 0.25) is 0 Å². The van der Waals surface area contributed by atoms with Crippen molar-refractivity contribution < 1.29 is 12.8 Å². The third kappa shape index (κ3) is 2.98. The first-order valence-electron chi connectivity index (χ1n) is 5.41. The highest BCUT2D eigenvalue weighted by molar-refractivity contribution is 9.10. The molecule has 0 unspecified atom stereocenters. The second-order valence-corrected chi connectivity index (χ2v) is 6.38. The van der Waals surface area contributed by atoms with Crippen LogP contribution in [-0.4, -0.2) is 8.42 Å². The number of nitriles is 1. The zero-order chi connectivity index (χ0) is 14.8. The van der Waals surface area contributed by atoms with Crippen LogP contribution in [0.3, 0.4) is 0 Å². The minimum atomic E-state index is -3.95. The van der Waals surface area contributed by atoms with E-state index in [2.05, 4.69) is 20.7 Å². The monoisotopic (exact) mass is 354 g/mol. The number of para-hydroxylation sites is 1. The third-order valence-corrected chi connectivity index (χ3v) is 4.50. The number of sulfonamides is 1. The van der Waals surface area contributed by atoms with E-state index in [1.807, 2.05) is 6.07 Å². The summed E-state index contributed by atoms with van der Waals surface area (Å²) in [5, 5.41) is 8.92. The molecule has 1 N–H and O–H groups in total. The Bertz CT molecular complexity index is 800. The van der Waals surface area contributed by atoms with Crippen LogP contribution in [0, 0.1) is 17.1 Å². The van der Waals surface area contributed by atoms with Crippen LogP contribution < -0.4 is 4.72 Å². The lowest BCUT2D eigenvalue weighted by atomic mass is 10.2. The van der Waals surface area contributed by atoms with E-state index >= 15 is 0 Å². The molecule has 0 aliphatic rings. The van der Waals surface area contributed by atoms with Gasteiger partial charge < -0.3 is 0 Å². The predicted molar refractivity (Wildman–Crippen MR) is 76.1 cm³/mol. The summed E-state index contributed by atoms with van der Waals surface area (Å²) in [5.74, 6) is -0.679. The highest BCUT2D eigenvalue weighted by Crippen LogP contribution is 2.22. The van der Waals surface area contributed by atoms with E-state index in [1.54, 1.807) is 12.1 Å². The quantitative estimate of drug-likeness (QED) is 0.919. The van der Waals surface area contributed by atoms with Crippen molar-refractivity contribution in [2.24, 2.45) is 0 Å². The zero-order valence-electron chi connectivity index (χ0n) is 9.97. The average Bonchev–Trinajstić information content (AvgIpc) is 2.42. The molecule has 7 heteroatoms. The van der Waals surface area contributed by atoms with Crippen molar-refractivity contribution >= 4 is 31.6 Å². The fourth-order valence-corrected chi connectivity index (χ4v) is 2.86. The average molecular weight is 355 g/mol. The van der Waals surface area contributed by atoms with E-state index in [1.165, 1.54) is 24.3 Å². The normalized spacial score (nSPS) is 10.8. The molecule has 0 saturated carbocycles. The molecule has 0 spiro atoms. The Morgan fingerprint density at radius 2 is 1.90 bits per heavy atom. The molecule has 2 aromatic rings. The molecule has 0 heterocycles. The molecule has 2 aromatic carbocycles. The molecular weight excluding hydrogens is 347 g/mol. The molecule has 0 atom stereocenters. The Morgan fingerprint density at radius 1 is 1.20 bits per heavy atom. The largest absolute Gasteiger partial charge is 0.278 e. The molecule has 0 aromatic heterocycles. The second-order valence-electron chi connectivity index (χ2n) is 3.84. The van der Waals surface area contributed by atoms with Crippen molar-refractivity contribution in [3.8, 4) is 6.07 Å². The van der Waals surface area contributed by atoms with Crippen LogP contribution in [0.4, 0.5) is 10.1 Å². The van der Waals surface area contributed by atoms with Crippen LogP contribution in [0.1, 0.15) is 5.56 Å². The lowest BCUT2D eigenvalue weighted by molar-refractivity contribution is 0.593. The first-order valence-corrected chi connectivity index (χ1v) is 7.68. The summed E-state index contributed by atoms with van der Waals surface area (Å²) >= 11 is 2.95. The summed E-state index contributed by atoms with van der Waals surface area (Å²) in [6.45, 7) is 0. The van der Waals surface area contributed by atoms with Crippen LogP contribution in [0.15, 0.2) is 51.8 Å². The molecule has 0 fully saturated rings. The van der Waals surface area contributed by atoms with Crippen LogP contribution in [0.5, 0.6) is 0 Å². The number of hydrogen-bond acceptors (Lipinski definition) is 3. The van der Waals surface area contributed by atoms with Crippen LogP contribution in [-0.2, 0) is 10.0 Å². The minimum absolute atomic E-state index is 0.151. The van der Waals surface area contributed by atoms with Crippen LogP contribution in [0.25, 0.3) is 0 Å². The van der Waals surface area contributed by atoms with Crippen molar-refractivity contribution in [2.45, 2.75) is 4.90 Å². The summed E-state index contributed by atoms with van der Waals surface area (Å²) in [6, 6.07) is 11.5. The molecule has 2 rings (SSSR count). The fraction of sp³-hybridized carbons (Fsp3) is 0. The zero-order valence-corrected chi connectivity index (χ0v) is 12.4. The maximum absolute atomic E-state index is 13.4. The summed E-state index contributed by atoms with van der Waals surface area (Å²) in [6.07, 6.45) is 0. The Hall–Kier alpha value is -1.91. The van der Waals surface area contributed by atoms with E-state index < -0.39 is 15.8 Å². The Balaban J connectivity index is 2.41. The SMILES string of the molecule is N#Cc1ccccc1NS(=O)(=O)c1ccc(Br)c(F)c1. The number of halogens is 2. The summed E-state index contributed by atoms with van der Waals surface area (Å²) in [7, 11) is -3.95. The van der Waals surface area contributed by atoms with Gasteiger partial charge in [0.05, 0.1) is 20.6 Å². The van der Waals surface area contributed by atoms with Crippen molar-refractivity contribution in [2.75, 3.05) is 4.72 Å². The standard InChI is InChI=1S/C13H8BrFN2O2S/c14-11-6-5-10(7-12(11)15)20(18,19)17-13-4-2-1-3-9(13)8-16/h1-7,17H. The lowest BCUT2D eigenvalue weighted by Crippen LogP contribution is -2.14. The van der Waals surface area contributed by atoms with Gasteiger partial charge in [-0.2, -0.15) is 5.26 Å². The second kappa shape index (κ2) is 5.61. The first kappa shape index (κ1) is 14.5. The maximum Gasteiger partial charge on any atom is 0.262 e. The number of anilines is 1. The van der Waals surface area contributed by atoms with Crippen molar-refractivity contribution in [1.82, 2.24) is 0 Å². The molecule has 4 nitrogen and oxygen atoms in total. The number of rotatable bonds is 3. The molecule has 0 amide bonds. The third-order valence-electron chi connectivity index (χ3n) is 2.49. The van der Waals surface area contributed by atoms with Gasteiger partial charge in [-0.3, -0.25) is 4.72 Å². The predicted octanol–water partition coefficient (Wildman–Crippen LogP) is 3.26. The summed E-state index contributed by atoms with van der Waals surface area (Å²) in [5.41, 5.74) is 0.340. The Kier molecular flexibility index (Phi) is 4.06. The molecule has 0 bridgehead atoms. The molecular formula is C13H8BrFN2O2S. The topological polar surface area (TPSA) is 70.0 Å². The van der Waals surface area contributed by atoms with Gasteiger partial charge in [0.25, 0.3) is 10.0 Å². The molecule has 0 saturated heterocycles. The van der Waals surface area contributed by atoms with E-state index in [0.29, 0.717) is 0 Å². The van der Waals surface area contributed by atoms with Gasteiger partial charge in [0, 0.05) is 0 Å². The van der Waals surface area contributed by atoms with Gasteiger partial charge in [-0.15, -0.1) is 0 Å². The van der Waals surface area contributed by atoms with Gasteiger partial charge >= 0.3 is 0 Å². The smallest absolute Gasteiger partial charge is 0.262 e. The van der Waals surface area contributed by atoms with Gasteiger partial charge in [-0.1, -0.05) is 12.1 Å². The van der Waals surface area contributed by atoms with Crippen molar-refractivity contribution in [3.63, 3.8) is 0 Å².